The highest BCUT2D eigenvalue weighted by atomic mass is 35.5. The van der Waals surface area contributed by atoms with Gasteiger partial charge in [-0.2, -0.15) is 0 Å². The normalized spacial score (nSPS) is 11.3. The summed E-state index contributed by atoms with van der Waals surface area (Å²) in [4.78, 5) is 14.0. The average molecular weight is 366 g/mol. The largest absolute Gasteiger partial charge is 0.383 e. The molecule has 0 saturated heterocycles. The second-order valence-corrected chi connectivity index (χ2v) is 5.06. The summed E-state index contributed by atoms with van der Waals surface area (Å²) in [6.45, 7) is 8.10. The van der Waals surface area contributed by atoms with Crippen molar-refractivity contribution in [2.24, 2.45) is 5.73 Å². The highest BCUT2D eigenvalue weighted by molar-refractivity contribution is 5.85. The molecule has 0 aromatic heterocycles. The van der Waals surface area contributed by atoms with E-state index in [2.05, 4.69) is 36.2 Å². The van der Waals surface area contributed by atoms with E-state index in [0.717, 1.165) is 25.2 Å². The Hall–Kier alpha value is -0.850. The molecule has 0 bridgehead atoms. The minimum Gasteiger partial charge on any atom is -0.383 e. The van der Waals surface area contributed by atoms with Gasteiger partial charge in [-0.3, -0.25) is 9.69 Å². The standard InChI is InChI=1S/C16H27N3O2.2ClH/c1-4-19(5-2)11-14-8-6-13(7-9-14)10-18-16(20)15(17)12-21-3;;/h6-9,15H,4-5,10-12,17H2,1-3H3,(H,18,20);2*1H. The van der Waals surface area contributed by atoms with Crippen molar-refractivity contribution in [2.45, 2.75) is 33.0 Å². The van der Waals surface area contributed by atoms with Crippen LogP contribution >= 0.6 is 24.8 Å². The summed E-state index contributed by atoms with van der Waals surface area (Å²) in [5, 5.41) is 2.81. The molecule has 1 rings (SSSR count). The summed E-state index contributed by atoms with van der Waals surface area (Å²) in [5.74, 6) is -0.191. The second kappa shape index (κ2) is 13.6. The Morgan fingerprint density at radius 2 is 1.70 bits per heavy atom. The molecular weight excluding hydrogens is 337 g/mol. The number of nitrogens with two attached hydrogens (primary N) is 1. The van der Waals surface area contributed by atoms with Crippen molar-refractivity contribution in [3.63, 3.8) is 0 Å². The van der Waals surface area contributed by atoms with Gasteiger partial charge in [-0.1, -0.05) is 38.1 Å². The monoisotopic (exact) mass is 365 g/mol. The van der Waals surface area contributed by atoms with E-state index in [1.54, 1.807) is 0 Å². The topological polar surface area (TPSA) is 67.6 Å². The first-order valence-corrected chi connectivity index (χ1v) is 7.43. The van der Waals surface area contributed by atoms with Gasteiger partial charge in [0, 0.05) is 20.2 Å². The van der Waals surface area contributed by atoms with E-state index in [1.807, 2.05) is 12.1 Å². The Kier molecular flexibility index (Phi) is 14.4. The zero-order valence-electron chi connectivity index (χ0n) is 14.1. The number of benzene rings is 1. The Balaban J connectivity index is 0. The van der Waals surface area contributed by atoms with E-state index >= 15 is 0 Å². The lowest BCUT2D eigenvalue weighted by Crippen LogP contribution is -2.43. The molecule has 134 valence electrons. The lowest BCUT2D eigenvalue weighted by Gasteiger charge is -2.18. The fraction of sp³-hybridized carbons (Fsp3) is 0.562. The van der Waals surface area contributed by atoms with E-state index in [1.165, 1.54) is 12.7 Å². The van der Waals surface area contributed by atoms with Crippen molar-refractivity contribution in [3.05, 3.63) is 35.4 Å². The quantitative estimate of drug-likeness (QED) is 0.701. The third kappa shape index (κ3) is 9.13. The summed E-state index contributed by atoms with van der Waals surface area (Å²) >= 11 is 0. The Labute approximate surface area is 151 Å². The van der Waals surface area contributed by atoms with E-state index in [-0.39, 0.29) is 37.3 Å². The van der Waals surface area contributed by atoms with Crippen LogP contribution in [0.5, 0.6) is 0 Å². The number of ether oxygens (including phenoxy) is 1. The van der Waals surface area contributed by atoms with Gasteiger partial charge in [0.2, 0.25) is 5.91 Å². The average Bonchev–Trinajstić information content (AvgIpc) is 2.51. The van der Waals surface area contributed by atoms with Crippen LogP contribution in [0.2, 0.25) is 0 Å². The number of carbonyl (C=O) groups excluding carboxylic acids is 1. The third-order valence-electron chi connectivity index (χ3n) is 3.47. The van der Waals surface area contributed by atoms with Crippen LogP contribution in [-0.2, 0) is 22.6 Å². The molecule has 0 radical (unpaired) electrons. The fourth-order valence-electron chi connectivity index (χ4n) is 2.04. The second-order valence-electron chi connectivity index (χ2n) is 5.06. The molecule has 0 saturated carbocycles. The summed E-state index contributed by atoms with van der Waals surface area (Å²) in [7, 11) is 1.53. The molecule has 3 N–H and O–H groups in total. The van der Waals surface area contributed by atoms with Gasteiger partial charge < -0.3 is 15.8 Å². The summed E-state index contributed by atoms with van der Waals surface area (Å²) in [6.07, 6.45) is 0. The van der Waals surface area contributed by atoms with Gasteiger partial charge in [-0.15, -0.1) is 24.8 Å². The lowest BCUT2D eigenvalue weighted by molar-refractivity contribution is -0.123. The number of methoxy groups -OCH3 is 1. The molecule has 7 heteroatoms. The molecule has 1 aromatic rings. The number of amides is 1. The minimum absolute atomic E-state index is 0. The van der Waals surface area contributed by atoms with Gasteiger partial charge in [-0.25, -0.2) is 0 Å². The molecule has 0 aliphatic heterocycles. The summed E-state index contributed by atoms with van der Waals surface area (Å²) < 4.78 is 4.86. The maximum absolute atomic E-state index is 11.7. The van der Waals surface area contributed by atoms with Gasteiger partial charge in [0.1, 0.15) is 6.04 Å². The number of nitrogens with one attached hydrogen (secondary N) is 1. The molecule has 5 nitrogen and oxygen atoms in total. The van der Waals surface area contributed by atoms with Crippen molar-refractivity contribution in [3.8, 4) is 0 Å². The summed E-state index contributed by atoms with van der Waals surface area (Å²) in [6, 6.07) is 7.68. The number of carbonyl (C=O) groups is 1. The molecule has 0 heterocycles. The number of hydrogen-bond acceptors (Lipinski definition) is 4. The first-order chi connectivity index (χ1) is 10.1. The Bertz CT molecular complexity index is 426. The van der Waals surface area contributed by atoms with Crippen LogP contribution in [0.25, 0.3) is 0 Å². The molecule has 1 atom stereocenters. The highest BCUT2D eigenvalue weighted by Crippen LogP contribution is 2.07. The van der Waals surface area contributed by atoms with Gasteiger partial charge in [0.25, 0.3) is 0 Å². The van der Waals surface area contributed by atoms with Crippen LogP contribution in [0.1, 0.15) is 25.0 Å². The van der Waals surface area contributed by atoms with Gasteiger partial charge in [-0.05, 0) is 24.2 Å². The molecule has 0 aliphatic rings. The minimum atomic E-state index is -0.614. The van der Waals surface area contributed by atoms with Crippen LogP contribution in [0.15, 0.2) is 24.3 Å². The van der Waals surface area contributed by atoms with Crippen molar-refractivity contribution in [1.82, 2.24) is 10.2 Å². The zero-order valence-corrected chi connectivity index (χ0v) is 15.7. The van der Waals surface area contributed by atoms with Gasteiger partial charge in [0.15, 0.2) is 0 Å². The molecule has 0 aliphatic carbocycles. The molecule has 0 fully saturated rings. The number of hydrogen-bond donors (Lipinski definition) is 2. The highest BCUT2D eigenvalue weighted by Gasteiger charge is 2.12. The number of rotatable bonds is 9. The third-order valence-corrected chi connectivity index (χ3v) is 3.47. The first kappa shape index (κ1) is 24.4. The Morgan fingerprint density at radius 1 is 1.17 bits per heavy atom. The van der Waals surface area contributed by atoms with Crippen molar-refractivity contribution >= 4 is 30.7 Å². The number of nitrogens with zero attached hydrogens (tertiary/aromatic N) is 1. The van der Waals surface area contributed by atoms with Crippen molar-refractivity contribution < 1.29 is 9.53 Å². The van der Waals surface area contributed by atoms with E-state index in [9.17, 15) is 4.79 Å². The predicted octanol–water partition coefficient (Wildman–Crippen LogP) is 1.96. The molecule has 0 spiro atoms. The molecule has 23 heavy (non-hydrogen) atoms. The SMILES string of the molecule is CCN(CC)Cc1ccc(CNC(=O)C(N)COC)cc1.Cl.Cl. The maximum Gasteiger partial charge on any atom is 0.239 e. The van der Waals surface area contributed by atoms with Gasteiger partial charge in [0.05, 0.1) is 6.61 Å². The van der Waals surface area contributed by atoms with E-state index in [4.69, 9.17) is 10.5 Å². The maximum atomic E-state index is 11.7. The van der Waals surface area contributed by atoms with Crippen LogP contribution in [-0.4, -0.2) is 43.7 Å². The van der Waals surface area contributed by atoms with Crippen LogP contribution in [0.3, 0.4) is 0 Å². The predicted molar refractivity (Wildman–Crippen MR) is 99.3 cm³/mol. The van der Waals surface area contributed by atoms with Gasteiger partial charge >= 0.3 is 0 Å². The zero-order chi connectivity index (χ0) is 15.7. The molecule has 1 aromatic carbocycles. The number of halogens is 2. The van der Waals surface area contributed by atoms with Crippen molar-refractivity contribution in [1.29, 1.82) is 0 Å². The van der Waals surface area contributed by atoms with Crippen LogP contribution in [0.4, 0.5) is 0 Å². The Morgan fingerprint density at radius 3 is 2.17 bits per heavy atom. The fourth-order valence-corrected chi connectivity index (χ4v) is 2.04. The molecule has 1 amide bonds. The molecule has 1 unspecified atom stereocenters. The van der Waals surface area contributed by atoms with Crippen molar-refractivity contribution in [2.75, 3.05) is 26.8 Å². The van der Waals surface area contributed by atoms with Crippen LogP contribution < -0.4 is 11.1 Å². The first-order valence-electron chi connectivity index (χ1n) is 7.43. The van der Waals surface area contributed by atoms with E-state index < -0.39 is 6.04 Å². The smallest absolute Gasteiger partial charge is 0.239 e. The molecular formula is C16H29Cl2N3O2. The van der Waals surface area contributed by atoms with Crippen LogP contribution in [0, 0.1) is 0 Å². The van der Waals surface area contributed by atoms with E-state index in [0.29, 0.717) is 6.54 Å². The lowest BCUT2D eigenvalue weighted by atomic mass is 10.1. The summed E-state index contributed by atoms with van der Waals surface area (Å²) in [5.41, 5.74) is 8.01.